The van der Waals surface area contributed by atoms with Crippen LogP contribution in [0.4, 0.5) is 0 Å². The van der Waals surface area contributed by atoms with E-state index in [-0.39, 0.29) is 6.42 Å². The van der Waals surface area contributed by atoms with E-state index >= 15 is 0 Å². The van der Waals surface area contributed by atoms with Gasteiger partial charge in [-0.1, -0.05) is 11.8 Å². The molecule has 17 heavy (non-hydrogen) atoms. The maximum atomic E-state index is 10.5. The molecule has 94 valence electrons. The molecule has 8 heteroatoms. The zero-order valence-electron chi connectivity index (χ0n) is 9.37. The minimum atomic E-state index is -0.835. The third-order valence-electron chi connectivity index (χ3n) is 2.59. The van der Waals surface area contributed by atoms with Crippen molar-refractivity contribution in [2.24, 2.45) is 0 Å². The summed E-state index contributed by atoms with van der Waals surface area (Å²) >= 11 is 1.64. The predicted octanol–water partition coefficient (Wildman–Crippen LogP) is -0.00810. The highest BCUT2D eigenvalue weighted by atomic mass is 32.2. The third kappa shape index (κ3) is 3.67. The van der Waals surface area contributed by atoms with Crippen molar-refractivity contribution in [2.45, 2.75) is 36.2 Å². The first-order valence-electron chi connectivity index (χ1n) is 5.61. The van der Waals surface area contributed by atoms with Gasteiger partial charge in [-0.05, 0) is 36.4 Å². The van der Waals surface area contributed by atoms with Gasteiger partial charge in [-0.15, -0.1) is 5.10 Å². The summed E-state index contributed by atoms with van der Waals surface area (Å²) in [5, 5.41) is 24.5. The van der Waals surface area contributed by atoms with Gasteiger partial charge in [-0.3, -0.25) is 4.79 Å². The number of aryl methyl sites for hydroxylation is 1. The minimum Gasteiger partial charge on any atom is -0.481 e. The zero-order valence-corrected chi connectivity index (χ0v) is 10.2. The highest BCUT2D eigenvalue weighted by Gasteiger charge is 2.18. The number of carboxylic acids is 1. The molecule has 1 aromatic heterocycles. The van der Waals surface area contributed by atoms with Crippen LogP contribution in [0.5, 0.6) is 0 Å². The normalized spacial score (nSPS) is 17.2. The summed E-state index contributed by atoms with van der Waals surface area (Å²) < 4.78 is 1.57. The molecule has 1 aromatic rings. The van der Waals surface area contributed by atoms with Crippen LogP contribution >= 0.6 is 11.8 Å². The van der Waals surface area contributed by atoms with E-state index in [1.807, 2.05) is 0 Å². The van der Waals surface area contributed by atoms with E-state index in [9.17, 15) is 4.79 Å². The van der Waals surface area contributed by atoms with Gasteiger partial charge in [0, 0.05) is 5.25 Å². The van der Waals surface area contributed by atoms with Crippen LogP contribution in [-0.2, 0) is 11.3 Å². The van der Waals surface area contributed by atoms with Crippen molar-refractivity contribution in [2.75, 3.05) is 13.1 Å². The number of carbonyl (C=O) groups is 1. The van der Waals surface area contributed by atoms with Gasteiger partial charge in [0.25, 0.3) is 0 Å². The molecule has 2 heterocycles. The maximum absolute atomic E-state index is 10.5. The topological polar surface area (TPSA) is 92.9 Å². The van der Waals surface area contributed by atoms with Crippen molar-refractivity contribution < 1.29 is 9.90 Å². The molecular formula is C9H15N5O2S. The van der Waals surface area contributed by atoms with Crippen LogP contribution < -0.4 is 5.32 Å². The highest BCUT2D eigenvalue weighted by molar-refractivity contribution is 7.99. The van der Waals surface area contributed by atoms with Crippen LogP contribution in [0, 0.1) is 0 Å². The molecule has 0 bridgehead atoms. The van der Waals surface area contributed by atoms with Crippen molar-refractivity contribution in [3.05, 3.63) is 0 Å². The van der Waals surface area contributed by atoms with Crippen LogP contribution in [0.3, 0.4) is 0 Å². The molecular weight excluding hydrogens is 242 g/mol. The van der Waals surface area contributed by atoms with Crippen molar-refractivity contribution in [1.29, 1.82) is 0 Å². The van der Waals surface area contributed by atoms with E-state index in [4.69, 9.17) is 5.11 Å². The number of rotatable bonds is 5. The van der Waals surface area contributed by atoms with Gasteiger partial charge in [-0.2, -0.15) is 0 Å². The van der Waals surface area contributed by atoms with Crippen LogP contribution in [0.2, 0.25) is 0 Å². The molecule has 1 aliphatic rings. The molecule has 0 amide bonds. The second-order valence-electron chi connectivity index (χ2n) is 3.90. The molecule has 1 saturated heterocycles. The summed E-state index contributed by atoms with van der Waals surface area (Å²) in [6.45, 7) is 2.37. The SMILES string of the molecule is O=C(O)CCn1nnnc1SC1CCNCC1. The van der Waals surface area contributed by atoms with Crippen molar-refractivity contribution in [3.63, 3.8) is 0 Å². The van der Waals surface area contributed by atoms with E-state index in [0.29, 0.717) is 11.8 Å². The van der Waals surface area contributed by atoms with Crippen LogP contribution in [0.15, 0.2) is 5.16 Å². The van der Waals surface area contributed by atoms with Crippen molar-refractivity contribution >= 4 is 17.7 Å². The first kappa shape index (κ1) is 12.3. The quantitative estimate of drug-likeness (QED) is 0.766. The minimum absolute atomic E-state index is 0.0465. The summed E-state index contributed by atoms with van der Waals surface area (Å²) in [6.07, 6.45) is 2.23. The molecule has 0 saturated carbocycles. The number of hydrogen-bond donors (Lipinski definition) is 2. The zero-order chi connectivity index (χ0) is 12.1. The molecule has 0 atom stereocenters. The molecule has 1 aliphatic heterocycles. The van der Waals surface area contributed by atoms with Crippen molar-refractivity contribution in [1.82, 2.24) is 25.5 Å². The fraction of sp³-hybridized carbons (Fsp3) is 0.778. The summed E-state index contributed by atoms with van der Waals surface area (Å²) in [5.74, 6) is -0.835. The average molecular weight is 257 g/mol. The van der Waals surface area contributed by atoms with E-state index in [2.05, 4.69) is 20.8 Å². The lowest BCUT2D eigenvalue weighted by Gasteiger charge is -2.21. The fourth-order valence-corrected chi connectivity index (χ4v) is 2.79. The molecule has 2 N–H and O–H groups in total. The first-order chi connectivity index (χ1) is 8.25. The van der Waals surface area contributed by atoms with Crippen LogP contribution in [-0.4, -0.2) is 49.6 Å². The standard InChI is InChI=1S/C9H15N5O2S/c15-8(16)3-6-14-9(11-12-13-14)17-7-1-4-10-5-2-7/h7,10H,1-6H2,(H,15,16). The summed E-state index contributed by atoms with van der Waals surface area (Å²) in [5.41, 5.74) is 0. The second-order valence-corrected chi connectivity index (χ2v) is 5.16. The Morgan fingerprint density at radius 2 is 2.29 bits per heavy atom. The van der Waals surface area contributed by atoms with Gasteiger partial charge in [0.1, 0.15) is 0 Å². The molecule has 0 unspecified atom stereocenters. The average Bonchev–Trinajstić information content (AvgIpc) is 2.75. The number of nitrogens with zero attached hydrogens (tertiary/aromatic N) is 4. The summed E-state index contributed by atoms with van der Waals surface area (Å²) in [6, 6.07) is 0. The number of aliphatic carboxylic acids is 1. The van der Waals surface area contributed by atoms with Gasteiger partial charge in [0.05, 0.1) is 13.0 Å². The number of piperidine rings is 1. The Bertz CT molecular complexity index is 377. The lowest BCUT2D eigenvalue weighted by molar-refractivity contribution is -0.137. The molecule has 2 rings (SSSR count). The van der Waals surface area contributed by atoms with E-state index in [1.54, 1.807) is 16.4 Å². The Hall–Kier alpha value is -1.15. The molecule has 0 radical (unpaired) electrons. The molecule has 0 aliphatic carbocycles. The monoisotopic (exact) mass is 257 g/mol. The first-order valence-corrected chi connectivity index (χ1v) is 6.49. The number of nitrogens with one attached hydrogen (secondary N) is 1. The lowest BCUT2D eigenvalue weighted by atomic mass is 10.2. The number of tetrazole rings is 1. The Kier molecular flexibility index (Phi) is 4.32. The van der Waals surface area contributed by atoms with Gasteiger partial charge in [0.15, 0.2) is 0 Å². The fourth-order valence-electron chi connectivity index (χ4n) is 1.69. The molecule has 1 fully saturated rings. The predicted molar refractivity (Wildman–Crippen MR) is 61.8 cm³/mol. The molecule has 0 aromatic carbocycles. The lowest BCUT2D eigenvalue weighted by Crippen LogP contribution is -2.29. The van der Waals surface area contributed by atoms with Gasteiger partial charge >= 0.3 is 5.97 Å². The Morgan fingerprint density at radius 1 is 1.53 bits per heavy atom. The van der Waals surface area contributed by atoms with Crippen LogP contribution in [0.1, 0.15) is 19.3 Å². The van der Waals surface area contributed by atoms with Gasteiger partial charge in [0.2, 0.25) is 5.16 Å². The van der Waals surface area contributed by atoms with Crippen molar-refractivity contribution in [3.8, 4) is 0 Å². The Balaban J connectivity index is 1.91. The number of hydrogen-bond acceptors (Lipinski definition) is 6. The highest BCUT2D eigenvalue weighted by Crippen LogP contribution is 2.26. The smallest absolute Gasteiger partial charge is 0.305 e. The Morgan fingerprint density at radius 3 is 3.00 bits per heavy atom. The number of carboxylic acid groups (broad SMARTS) is 1. The van der Waals surface area contributed by atoms with Gasteiger partial charge in [-0.25, -0.2) is 4.68 Å². The van der Waals surface area contributed by atoms with Gasteiger partial charge < -0.3 is 10.4 Å². The van der Waals surface area contributed by atoms with E-state index in [0.717, 1.165) is 31.1 Å². The number of thioether (sulfide) groups is 1. The molecule has 7 nitrogen and oxygen atoms in total. The Labute approximate surface area is 103 Å². The summed E-state index contributed by atoms with van der Waals surface area (Å²) in [7, 11) is 0. The van der Waals surface area contributed by atoms with Crippen LogP contribution in [0.25, 0.3) is 0 Å². The largest absolute Gasteiger partial charge is 0.481 e. The summed E-state index contributed by atoms with van der Waals surface area (Å²) in [4.78, 5) is 10.5. The van der Waals surface area contributed by atoms with E-state index < -0.39 is 5.97 Å². The molecule has 0 spiro atoms. The number of aromatic nitrogens is 4. The van der Waals surface area contributed by atoms with E-state index in [1.165, 1.54) is 0 Å². The maximum Gasteiger partial charge on any atom is 0.305 e. The second kappa shape index (κ2) is 5.97. The third-order valence-corrected chi connectivity index (χ3v) is 3.90.